The summed E-state index contributed by atoms with van der Waals surface area (Å²) in [6, 6.07) is 0. The molecule has 0 saturated carbocycles. The van der Waals surface area contributed by atoms with Crippen LogP contribution in [0.4, 0.5) is 0 Å². The molecule has 0 aromatic rings. The molecule has 0 saturated heterocycles. The van der Waals surface area contributed by atoms with Gasteiger partial charge in [0.1, 0.15) is 19.3 Å². The van der Waals surface area contributed by atoms with E-state index >= 15 is 0 Å². The summed E-state index contributed by atoms with van der Waals surface area (Å²) in [6.07, 6.45) is 48.4. The molecule has 0 aliphatic carbocycles. The fourth-order valence-electron chi connectivity index (χ4n) is 6.13. The average Bonchev–Trinajstić information content (AvgIpc) is 3.15. The molecule has 328 valence electrons. The Morgan fingerprint density at radius 1 is 0.571 bits per heavy atom. The molecule has 0 amide bonds. The summed E-state index contributed by atoms with van der Waals surface area (Å²) < 4.78 is 34.6. The van der Waals surface area contributed by atoms with Gasteiger partial charge >= 0.3 is 5.97 Å². The lowest BCUT2D eigenvalue weighted by Gasteiger charge is -2.28. The topological polar surface area (TPSA) is 94.1 Å². The number of carbonyl (C=O) groups is 1. The monoisotopic (exact) mass is 810 g/mol. The summed E-state index contributed by atoms with van der Waals surface area (Å²) in [4.78, 5) is 25.1. The molecule has 9 heteroatoms. The highest BCUT2D eigenvalue weighted by Crippen LogP contribution is 2.38. The number of ether oxygens (including phenoxy) is 2. The first kappa shape index (κ1) is 54.5. The molecule has 0 aromatic heterocycles. The molecule has 0 N–H and O–H groups in total. The lowest BCUT2D eigenvalue weighted by atomic mass is 10.0. The van der Waals surface area contributed by atoms with Crippen LogP contribution in [0.25, 0.3) is 0 Å². The number of likely N-dealkylation sites (N-methyl/N-ethyl adjacent to an activating group) is 1. The van der Waals surface area contributed by atoms with E-state index in [2.05, 4.69) is 62.5 Å². The van der Waals surface area contributed by atoms with Crippen LogP contribution in [0.3, 0.4) is 0 Å². The van der Waals surface area contributed by atoms with Gasteiger partial charge in [-0.05, 0) is 51.4 Å². The van der Waals surface area contributed by atoms with Crippen molar-refractivity contribution in [3.63, 3.8) is 0 Å². The van der Waals surface area contributed by atoms with Crippen molar-refractivity contribution in [1.29, 1.82) is 0 Å². The molecule has 2 atom stereocenters. The number of phosphoric acid groups is 1. The summed E-state index contributed by atoms with van der Waals surface area (Å²) in [5, 5.41) is 0. The highest BCUT2D eigenvalue weighted by Gasteiger charge is 2.20. The summed E-state index contributed by atoms with van der Waals surface area (Å²) >= 11 is 0. The van der Waals surface area contributed by atoms with Crippen molar-refractivity contribution < 1.29 is 37.3 Å². The van der Waals surface area contributed by atoms with Crippen LogP contribution in [-0.2, 0) is 27.9 Å². The lowest BCUT2D eigenvalue weighted by Crippen LogP contribution is -2.37. The van der Waals surface area contributed by atoms with Gasteiger partial charge in [-0.1, -0.05) is 178 Å². The Morgan fingerprint density at radius 2 is 1.04 bits per heavy atom. The Bertz CT molecular complexity index is 1040. The highest BCUT2D eigenvalue weighted by molar-refractivity contribution is 7.45. The van der Waals surface area contributed by atoms with E-state index in [9.17, 15) is 14.3 Å². The highest BCUT2D eigenvalue weighted by atomic mass is 31.2. The number of allylic oxidation sites excluding steroid dienone is 8. The maximum absolute atomic E-state index is 12.7. The molecule has 8 nitrogen and oxygen atoms in total. The third-order valence-electron chi connectivity index (χ3n) is 9.64. The van der Waals surface area contributed by atoms with Crippen molar-refractivity contribution in [1.82, 2.24) is 0 Å². The predicted octanol–water partition coefficient (Wildman–Crippen LogP) is 12.9. The molecule has 0 aliphatic heterocycles. The third kappa shape index (κ3) is 43.6. The minimum atomic E-state index is -4.53. The summed E-state index contributed by atoms with van der Waals surface area (Å²) in [5.74, 6) is -0.356. The Kier molecular flexibility index (Phi) is 39.1. The van der Waals surface area contributed by atoms with E-state index in [4.69, 9.17) is 18.5 Å². The molecular weight excluding hydrogens is 721 g/mol. The van der Waals surface area contributed by atoms with Gasteiger partial charge in [0.25, 0.3) is 7.82 Å². The van der Waals surface area contributed by atoms with Crippen LogP contribution in [0.2, 0.25) is 0 Å². The summed E-state index contributed by atoms with van der Waals surface area (Å²) in [5.41, 5.74) is 0. The predicted molar refractivity (Wildman–Crippen MR) is 236 cm³/mol. The maximum Gasteiger partial charge on any atom is 0.306 e. The van der Waals surface area contributed by atoms with Gasteiger partial charge in [0.05, 0.1) is 34.4 Å². The van der Waals surface area contributed by atoms with Gasteiger partial charge in [-0.3, -0.25) is 9.36 Å². The zero-order chi connectivity index (χ0) is 41.3. The summed E-state index contributed by atoms with van der Waals surface area (Å²) in [7, 11) is 1.34. The summed E-state index contributed by atoms with van der Waals surface area (Å²) in [6.45, 7) is 5.28. The van der Waals surface area contributed by atoms with Gasteiger partial charge in [-0.2, -0.15) is 0 Å². The van der Waals surface area contributed by atoms with Crippen LogP contribution in [0.15, 0.2) is 48.6 Å². The Labute approximate surface area is 346 Å². The van der Waals surface area contributed by atoms with Crippen LogP contribution >= 0.6 is 7.82 Å². The van der Waals surface area contributed by atoms with Gasteiger partial charge in [-0.15, -0.1) is 0 Å². The Balaban J connectivity index is 4.25. The van der Waals surface area contributed by atoms with Crippen LogP contribution < -0.4 is 4.89 Å². The van der Waals surface area contributed by atoms with Gasteiger partial charge in [0, 0.05) is 13.0 Å². The minimum absolute atomic E-state index is 0.0207. The first-order valence-electron chi connectivity index (χ1n) is 22.9. The van der Waals surface area contributed by atoms with Gasteiger partial charge in [0.15, 0.2) is 0 Å². The second-order valence-electron chi connectivity index (χ2n) is 16.4. The van der Waals surface area contributed by atoms with Crippen LogP contribution in [0.1, 0.15) is 187 Å². The normalized spacial score (nSPS) is 14.2. The van der Waals surface area contributed by atoms with Crippen LogP contribution in [0.5, 0.6) is 0 Å². The number of phosphoric ester groups is 1. The molecular formula is C47H88NO7P. The zero-order valence-electron chi connectivity index (χ0n) is 37.1. The quantitative estimate of drug-likeness (QED) is 0.0199. The molecule has 0 heterocycles. The maximum atomic E-state index is 12.7. The Morgan fingerprint density at radius 3 is 1.55 bits per heavy atom. The van der Waals surface area contributed by atoms with E-state index in [-0.39, 0.29) is 32.2 Å². The molecule has 0 rings (SSSR count). The minimum Gasteiger partial charge on any atom is -0.756 e. The molecule has 0 aliphatic rings. The lowest BCUT2D eigenvalue weighted by molar-refractivity contribution is -0.870. The second-order valence-corrected chi connectivity index (χ2v) is 17.8. The van der Waals surface area contributed by atoms with Gasteiger partial charge in [0.2, 0.25) is 0 Å². The number of esters is 1. The Hall–Kier alpha value is -1.54. The van der Waals surface area contributed by atoms with E-state index in [0.29, 0.717) is 17.6 Å². The van der Waals surface area contributed by atoms with Crippen molar-refractivity contribution in [2.24, 2.45) is 0 Å². The fraction of sp³-hybridized carbons (Fsp3) is 0.809. The first-order valence-corrected chi connectivity index (χ1v) is 24.3. The SMILES string of the molecule is CC/C=C\C/C=C\C/C=C\C/C=C\CCCCCCC(=O)OC(COCCCCCCCCCCCCCCCCCCC)COP(=O)([O-])OCC[N+](C)(C)C. The van der Waals surface area contributed by atoms with Crippen molar-refractivity contribution in [2.45, 2.75) is 193 Å². The van der Waals surface area contributed by atoms with E-state index in [1.165, 1.54) is 96.3 Å². The zero-order valence-corrected chi connectivity index (χ0v) is 38.0. The number of carbonyl (C=O) groups excluding carboxylic acids is 1. The molecule has 0 bridgehead atoms. The number of hydrogen-bond donors (Lipinski definition) is 0. The second kappa shape index (κ2) is 40.2. The largest absolute Gasteiger partial charge is 0.756 e. The number of rotatable bonds is 42. The van der Waals surface area contributed by atoms with Crippen LogP contribution in [-0.4, -0.2) is 70.7 Å². The van der Waals surface area contributed by atoms with E-state index in [0.717, 1.165) is 70.6 Å². The molecule has 0 radical (unpaired) electrons. The molecule has 2 unspecified atom stereocenters. The molecule has 0 fully saturated rings. The van der Waals surface area contributed by atoms with E-state index < -0.39 is 13.9 Å². The molecule has 56 heavy (non-hydrogen) atoms. The average molecular weight is 810 g/mol. The molecule has 0 spiro atoms. The van der Waals surface area contributed by atoms with Gasteiger partial charge in [-0.25, -0.2) is 0 Å². The smallest absolute Gasteiger partial charge is 0.306 e. The molecule has 0 aromatic carbocycles. The first-order chi connectivity index (χ1) is 27.1. The van der Waals surface area contributed by atoms with Gasteiger partial charge < -0.3 is 27.9 Å². The number of hydrogen-bond acceptors (Lipinski definition) is 7. The van der Waals surface area contributed by atoms with Crippen molar-refractivity contribution >= 4 is 13.8 Å². The van der Waals surface area contributed by atoms with Crippen molar-refractivity contribution in [3.05, 3.63) is 48.6 Å². The number of quaternary nitrogens is 1. The fourth-order valence-corrected chi connectivity index (χ4v) is 6.85. The third-order valence-corrected chi connectivity index (χ3v) is 10.6. The standard InChI is InChI=1S/C47H88NO7P/c1-6-8-10-12-14-16-18-20-22-24-26-28-30-32-34-36-38-40-47(49)55-46(45-54-56(50,51)53-43-41-48(3,4)5)44-52-42-39-37-35-33-31-29-27-25-23-21-19-17-15-13-11-9-7-2/h8,10,14,16,20,22,26,28,46H,6-7,9,11-13,15,17-19,21,23-25,27,29-45H2,1-5H3/b10-8-,16-14-,22-20-,28-26-. The number of nitrogens with zero attached hydrogens (tertiary/aromatic N) is 1. The van der Waals surface area contributed by atoms with E-state index in [1.54, 1.807) is 0 Å². The van der Waals surface area contributed by atoms with Crippen molar-refractivity contribution in [2.75, 3.05) is 54.1 Å². The van der Waals surface area contributed by atoms with Crippen LogP contribution in [0, 0.1) is 0 Å². The van der Waals surface area contributed by atoms with Crippen molar-refractivity contribution in [3.8, 4) is 0 Å². The number of unbranched alkanes of at least 4 members (excludes halogenated alkanes) is 20. The van der Waals surface area contributed by atoms with E-state index in [1.807, 2.05) is 21.1 Å².